The molecule has 0 aliphatic rings. The summed E-state index contributed by atoms with van der Waals surface area (Å²) in [6, 6.07) is 21.1. The van der Waals surface area contributed by atoms with E-state index < -0.39 is 55.7 Å². The quantitative estimate of drug-likeness (QED) is 0.112. The number of hydrogen-bond acceptors (Lipinski definition) is 7. The molecule has 0 aliphatic carbocycles. The van der Waals surface area contributed by atoms with E-state index in [0.29, 0.717) is 5.56 Å². The summed E-state index contributed by atoms with van der Waals surface area (Å²) in [6.07, 6.45) is 0.0301. The van der Waals surface area contributed by atoms with Crippen LogP contribution in [0.3, 0.4) is 0 Å². The number of sulfonamides is 1. The van der Waals surface area contributed by atoms with E-state index in [9.17, 15) is 28.1 Å². The molecule has 0 fully saturated rings. The van der Waals surface area contributed by atoms with Crippen LogP contribution in [0.4, 0.5) is 15.8 Å². The number of aryl methyl sites for hydroxylation is 1. The monoisotopic (exact) mass is 724 g/mol. The average Bonchev–Trinajstić information content (AvgIpc) is 3.08. The van der Waals surface area contributed by atoms with E-state index in [0.717, 1.165) is 15.3 Å². The van der Waals surface area contributed by atoms with Crippen LogP contribution in [0.1, 0.15) is 30.5 Å². The first-order chi connectivity index (χ1) is 23.7. The van der Waals surface area contributed by atoms with Crippen molar-refractivity contribution in [3.63, 3.8) is 0 Å². The lowest BCUT2D eigenvalue weighted by Crippen LogP contribution is -2.54. The summed E-state index contributed by atoms with van der Waals surface area (Å²) < 4.78 is 50.2. The van der Waals surface area contributed by atoms with Gasteiger partial charge in [-0.05, 0) is 48.7 Å². The molecule has 4 aromatic carbocycles. The fourth-order valence-corrected chi connectivity index (χ4v) is 6.83. The van der Waals surface area contributed by atoms with E-state index in [4.69, 9.17) is 16.3 Å². The zero-order chi connectivity index (χ0) is 36.6. The van der Waals surface area contributed by atoms with E-state index in [2.05, 4.69) is 5.32 Å². The summed E-state index contributed by atoms with van der Waals surface area (Å²) in [5.74, 6) is -1.90. The molecule has 0 radical (unpaired) electrons. The first-order valence-electron chi connectivity index (χ1n) is 15.7. The van der Waals surface area contributed by atoms with Gasteiger partial charge in [0, 0.05) is 41.7 Å². The zero-order valence-corrected chi connectivity index (χ0v) is 29.6. The topological polar surface area (TPSA) is 139 Å². The molecule has 0 aromatic heterocycles. The van der Waals surface area contributed by atoms with Gasteiger partial charge in [0.1, 0.15) is 24.2 Å². The number of anilines is 1. The van der Waals surface area contributed by atoms with Crippen LogP contribution in [0.5, 0.6) is 5.75 Å². The van der Waals surface area contributed by atoms with Crippen molar-refractivity contribution in [2.45, 2.75) is 44.7 Å². The maximum Gasteiger partial charge on any atom is 0.273 e. The molecule has 14 heteroatoms. The number of nitro benzene ring substituents is 1. The third-order valence-electron chi connectivity index (χ3n) is 7.91. The van der Waals surface area contributed by atoms with Gasteiger partial charge in [0.15, 0.2) is 0 Å². The minimum atomic E-state index is -4.74. The highest BCUT2D eigenvalue weighted by molar-refractivity contribution is 7.92. The van der Waals surface area contributed by atoms with Crippen LogP contribution in [0.25, 0.3) is 0 Å². The van der Waals surface area contributed by atoms with Crippen LogP contribution in [0.2, 0.25) is 5.02 Å². The summed E-state index contributed by atoms with van der Waals surface area (Å²) in [5, 5.41) is 14.7. The summed E-state index contributed by atoms with van der Waals surface area (Å²) in [6.45, 7) is 4.29. The van der Waals surface area contributed by atoms with E-state index in [1.165, 1.54) is 62.6 Å². The Morgan fingerprint density at radius 2 is 1.68 bits per heavy atom. The molecule has 0 heterocycles. The Morgan fingerprint density at radius 1 is 1.00 bits per heavy atom. The van der Waals surface area contributed by atoms with Crippen molar-refractivity contribution in [1.29, 1.82) is 0 Å². The number of ether oxygens (including phenoxy) is 1. The van der Waals surface area contributed by atoms with Gasteiger partial charge < -0.3 is 15.0 Å². The van der Waals surface area contributed by atoms with Gasteiger partial charge in [-0.25, -0.2) is 12.8 Å². The van der Waals surface area contributed by atoms with Crippen molar-refractivity contribution in [3.8, 4) is 5.75 Å². The highest BCUT2D eigenvalue weighted by Crippen LogP contribution is 2.36. The largest absolute Gasteiger partial charge is 0.495 e. The second-order valence-corrected chi connectivity index (χ2v) is 14.3. The number of halogens is 2. The lowest BCUT2D eigenvalue weighted by molar-refractivity contribution is -0.385. The van der Waals surface area contributed by atoms with Gasteiger partial charge in [-0.1, -0.05) is 80.0 Å². The minimum absolute atomic E-state index is 0.0301. The maximum atomic E-state index is 15.1. The lowest BCUT2D eigenvalue weighted by Gasteiger charge is -2.34. The Labute approximate surface area is 295 Å². The molecule has 0 spiro atoms. The molecule has 1 N–H and O–H groups in total. The van der Waals surface area contributed by atoms with Gasteiger partial charge in [0.05, 0.1) is 22.6 Å². The average molecular weight is 725 g/mol. The number of hydrogen-bond donors (Lipinski definition) is 1. The highest BCUT2D eigenvalue weighted by atomic mass is 35.5. The first kappa shape index (κ1) is 37.8. The number of nitrogens with one attached hydrogen (secondary N) is 1. The molecule has 0 saturated carbocycles. The van der Waals surface area contributed by atoms with Gasteiger partial charge in [-0.15, -0.1) is 0 Å². The number of nitro groups is 1. The number of amides is 2. The standard InChI is InChI=1S/C36H38ClFN4O7S/c1-24(2)21-39-36(44)33(18-26-10-6-5-7-11-26)40(22-27-12-8-9-13-30(27)38)35(43)23-41(32-19-28(37)15-17-34(32)49-4)50(47,48)29-16-14-25(3)31(20-29)42(45)46/h5-17,19-20,24,33H,18,21-23H2,1-4H3,(H,39,44). The van der Waals surface area contributed by atoms with E-state index in [1.807, 2.05) is 13.8 Å². The molecule has 0 aliphatic heterocycles. The first-order valence-corrected chi connectivity index (χ1v) is 17.5. The Balaban J connectivity index is 1.90. The van der Waals surface area contributed by atoms with E-state index >= 15 is 4.39 Å². The zero-order valence-electron chi connectivity index (χ0n) is 28.0. The molecular formula is C36H38ClFN4O7S. The second-order valence-electron chi connectivity index (χ2n) is 12.0. The lowest BCUT2D eigenvalue weighted by atomic mass is 10.0. The van der Waals surface area contributed by atoms with Crippen LogP contribution >= 0.6 is 11.6 Å². The van der Waals surface area contributed by atoms with E-state index in [-0.39, 0.29) is 53.0 Å². The molecule has 0 saturated heterocycles. The van der Waals surface area contributed by atoms with Gasteiger partial charge in [-0.2, -0.15) is 0 Å². The third kappa shape index (κ3) is 9.16. The molecular weight excluding hydrogens is 687 g/mol. The highest BCUT2D eigenvalue weighted by Gasteiger charge is 2.36. The van der Waals surface area contributed by atoms with Crippen molar-refractivity contribution in [1.82, 2.24) is 10.2 Å². The maximum absolute atomic E-state index is 15.1. The Morgan fingerprint density at radius 3 is 2.32 bits per heavy atom. The summed E-state index contributed by atoms with van der Waals surface area (Å²) in [4.78, 5) is 40.3. The molecule has 0 bridgehead atoms. The van der Waals surface area contributed by atoms with Crippen LogP contribution in [0.15, 0.2) is 95.9 Å². The molecule has 2 amide bonds. The fraction of sp³-hybridized carbons (Fsp3) is 0.278. The molecule has 1 unspecified atom stereocenters. The SMILES string of the molecule is COc1ccc(Cl)cc1N(CC(=O)N(Cc1ccccc1F)C(Cc1ccccc1)C(=O)NCC(C)C)S(=O)(=O)c1ccc(C)c([N+](=O)[O-])c1. The number of nitrogens with zero attached hydrogens (tertiary/aromatic N) is 3. The van der Waals surface area contributed by atoms with Crippen molar-refractivity contribution in [3.05, 3.63) is 129 Å². The fourth-order valence-electron chi connectivity index (χ4n) is 5.23. The number of benzene rings is 4. The Kier molecular flexibility index (Phi) is 12.5. The molecule has 11 nitrogen and oxygen atoms in total. The van der Waals surface area contributed by atoms with Crippen LogP contribution < -0.4 is 14.4 Å². The molecule has 4 rings (SSSR count). The van der Waals surface area contributed by atoms with Gasteiger partial charge >= 0.3 is 0 Å². The summed E-state index contributed by atoms with van der Waals surface area (Å²) >= 11 is 6.31. The minimum Gasteiger partial charge on any atom is -0.495 e. The van der Waals surface area contributed by atoms with Crippen molar-refractivity contribution in [2.75, 3.05) is 24.5 Å². The van der Waals surface area contributed by atoms with Crippen molar-refractivity contribution >= 4 is 44.8 Å². The molecule has 50 heavy (non-hydrogen) atoms. The normalized spacial score (nSPS) is 11.9. The van der Waals surface area contributed by atoms with Crippen LogP contribution in [0, 0.1) is 28.8 Å². The number of rotatable bonds is 15. The summed E-state index contributed by atoms with van der Waals surface area (Å²) in [7, 11) is -3.44. The van der Waals surface area contributed by atoms with Crippen LogP contribution in [-0.2, 0) is 32.6 Å². The van der Waals surface area contributed by atoms with Gasteiger partial charge in [-0.3, -0.25) is 24.0 Å². The van der Waals surface area contributed by atoms with Crippen LogP contribution in [-0.4, -0.2) is 56.3 Å². The smallest absolute Gasteiger partial charge is 0.273 e. The molecule has 4 aromatic rings. The predicted molar refractivity (Wildman–Crippen MR) is 189 cm³/mol. The third-order valence-corrected chi connectivity index (χ3v) is 9.90. The Bertz CT molecular complexity index is 1960. The van der Waals surface area contributed by atoms with E-state index in [1.54, 1.807) is 36.4 Å². The summed E-state index contributed by atoms with van der Waals surface area (Å²) in [5.41, 5.74) is 0.452. The van der Waals surface area contributed by atoms with Crippen molar-refractivity contribution in [2.24, 2.45) is 5.92 Å². The van der Waals surface area contributed by atoms with Crippen molar-refractivity contribution < 1.29 is 32.1 Å². The number of methoxy groups -OCH3 is 1. The van der Waals surface area contributed by atoms with Gasteiger partial charge in [0.2, 0.25) is 11.8 Å². The number of carbonyl (C=O) groups is 2. The Hall–Kier alpha value is -5.01. The second kappa shape index (κ2) is 16.6. The molecule has 1 atom stereocenters. The van der Waals surface area contributed by atoms with Gasteiger partial charge in [0.25, 0.3) is 15.7 Å². The molecule has 264 valence electrons. The predicted octanol–water partition coefficient (Wildman–Crippen LogP) is 6.31. The number of carbonyl (C=O) groups excluding carboxylic acids is 2.